The molecule has 4 nitrogen and oxygen atoms in total. The summed E-state index contributed by atoms with van der Waals surface area (Å²) in [4.78, 5) is 3.84. The molecule has 1 aromatic heterocycles. The number of nitrogens with one attached hydrogen (secondary N) is 1. The van der Waals surface area contributed by atoms with E-state index in [4.69, 9.17) is 16.9 Å². The zero-order valence-corrected chi connectivity index (χ0v) is 6.49. The Kier molecular flexibility index (Phi) is 2.42. The van der Waals surface area contributed by atoms with Crippen LogP contribution < -0.4 is 11.5 Å². The highest BCUT2D eigenvalue weighted by molar-refractivity contribution is 5.95. The molecule has 0 aromatic carbocycles. The Morgan fingerprint density at radius 3 is 2.42 bits per heavy atom. The van der Waals surface area contributed by atoms with Gasteiger partial charge in [0.15, 0.2) is 0 Å². The Bertz CT molecular complexity index is 302. The van der Waals surface area contributed by atoms with Crippen molar-refractivity contribution in [3.05, 3.63) is 36.2 Å². The lowest BCUT2D eigenvalue weighted by Crippen LogP contribution is -2.08. The first-order valence-corrected chi connectivity index (χ1v) is 3.42. The van der Waals surface area contributed by atoms with Crippen molar-refractivity contribution in [3.63, 3.8) is 0 Å². The van der Waals surface area contributed by atoms with Gasteiger partial charge < -0.3 is 11.5 Å². The van der Waals surface area contributed by atoms with E-state index < -0.39 is 0 Å². The van der Waals surface area contributed by atoms with Crippen molar-refractivity contribution in [2.45, 2.75) is 0 Å². The van der Waals surface area contributed by atoms with E-state index in [-0.39, 0.29) is 5.84 Å². The van der Waals surface area contributed by atoms with Gasteiger partial charge >= 0.3 is 0 Å². The highest BCUT2D eigenvalue weighted by Gasteiger charge is 1.94. The minimum atomic E-state index is -0.0516. The third-order valence-electron chi connectivity index (χ3n) is 1.32. The second-order valence-corrected chi connectivity index (χ2v) is 2.29. The smallest absolute Gasteiger partial charge is 0.117 e. The summed E-state index contributed by atoms with van der Waals surface area (Å²) in [5, 5.41) is 6.98. The third kappa shape index (κ3) is 2.09. The predicted molar refractivity (Wildman–Crippen MR) is 48.3 cm³/mol. The average Bonchev–Trinajstić information content (AvgIpc) is 2.05. The number of aromatic nitrogens is 1. The summed E-state index contributed by atoms with van der Waals surface area (Å²) < 4.78 is 0. The molecule has 4 heteroatoms. The van der Waals surface area contributed by atoms with E-state index in [1.807, 2.05) is 0 Å². The first kappa shape index (κ1) is 8.26. The first-order chi connectivity index (χ1) is 5.70. The zero-order chi connectivity index (χ0) is 8.97. The summed E-state index contributed by atoms with van der Waals surface area (Å²) in [5.41, 5.74) is 12.0. The van der Waals surface area contributed by atoms with Crippen molar-refractivity contribution in [3.8, 4) is 0 Å². The number of nitrogens with zero attached hydrogens (tertiary/aromatic N) is 1. The van der Waals surface area contributed by atoms with Crippen LogP contribution in [0.3, 0.4) is 0 Å². The summed E-state index contributed by atoms with van der Waals surface area (Å²) >= 11 is 0. The minimum absolute atomic E-state index is 0.0516. The van der Waals surface area contributed by atoms with Crippen LogP contribution >= 0.6 is 0 Å². The molecule has 0 spiro atoms. The summed E-state index contributed by atoms with van der Waals surface area (Å²) in [7, 11) is 0. The fourth-order valence-corrected chi connectivity index (χ4v) is 0.795. The van der Waals surface area contributed by atoms with Crippen molar-refractivity contribution in [1.82, 2.24) is 4.98 Å². The van der Waals surface area contributed by atoms with Crippen LogP contribution in [0.2, 0.25) is 0 Å². The molecule has 1 rings (SSSR count). The topological polar surface area (TPSA) is 88.8 Å². The fraction of sp³-hybridized carbons (Fsp3) is 0. The third-order valence-corrected chi connectivity index (χ3v) is 1.32. The predicted octanol–water partition coefficient (Wildman–Crippen LogP) is 0.317. The molecular weight excluding hydrogens is 152 g/mol. The fourth-order valence-electron chi connectivity index (χ4n) is 0.795. The van der Waals surface area contributed by atoms with E-state index in [1.165, 1.54) is 6.08 Å². The van der Waals surface area contributed by atoms with E-state index in [9.17, 15) is 0 Å². The lowest BCUT2D eigenvalue weighted by molar-refractivity contribution is 1.31. The van der Waals surface area contributed by atoms with Crippen LogP contribution in [0.5, 0.6) is 0 Å². The minimum Gasteiger partial charge on any atom is -0.398 e. The van der Waals surface area contributed by atoms with Crippen LogP contribution in [0.4, 0.5) is 0 Å². The standard InChI is InChI=1S/C8H10N4/c9-7(5-8(10)11)6-1-3-12-4-2-6/h1-5H,9H2,(H3,10,11)/b7-5-. The molecule has 0 aliphatic carbocycles. The monoisotopic (exact) mass is 162 g/mol. The average molecular weight is 162 g/mol. The van der Waals surface area contributed by atoms with E-state index in [0.29, 0.717) is 5.70 Å². The van der Waals surface area contributed by atoms with Gasteiger partial charge in [-0.15, -0.1) is 0 Å². The molecule has 12 heavy (non-hydrogen) atoms. The normalized spacial score (nSPS) is 11.2. The number of pyridine rings is 1. The van der Waals surface area contributed by atoms with E-state index in [0.717, 1.165) is 5.56 Å². The second-order valence-electron chi connectivity index (χ2n) is 2.29. The molecule has 0 fully saturated rings. The molecule has 0 atom stereocenters. The lowest BCUT2D eigenvalue weighted by Gasteiger charge is -1.98. The van der Waals surface area contributed by atoms with Crippen LogP contribution in [-0.2, 0) is 0 Å². The summed E-state index contributed by atoms with van der Waals surface area (Å²) in [5.74, 6) is -0.0516. The van der Waals surface area contributed by atoms with Crippen molar-refractivity contribution < 1.29 is 0 Å². The number of hydrogen-bond acceptors (Lipinski definition) is 3. The van der Waals surface area contributed by atoms with E-state index >= 15 is 0 Å². The van der Waals surface area contributed by atoms with E-state index in [1.54, 1.807) is 24.5 Å². The van der Waals surface area contributed by atoms with Crippen LogP contribution in [0.15, 0.2) is 30.6 Å². The Labute approximate surface area is 70.4 Å². The van der Waals surface area contributed by atoms with Crippen molar-refractivity contribution in [2.24, 2.45) is 11.5 Å². The van der Waals surface area contributed by atoms with Gasteiger partial charge in [0.25, 0.3) is 0 Å². The Morgan fingerprint density at radius 2 is 1.92 bits per heavy atom. The number of nitrogens with two attached hydrogens (primary N) is 2. The summed E-state index contributed by atoms with van der Waals surface area (Å²) in [6.45, 7) is 0. The molecule has 0 bridgehead atoms. The van der Waals surface area contributed by atoms with Crippen LogP contribution in [-0.4, -0.2) is 10.8 Å². The van der Waals surface area contributed by atoms with Gasteiger partial charge in [-0.3, -0.25) is 10.4 Å². The highest BCUT2D eigenvalue weighted by Crippen LogP contribution is 2.05. The maximum atomic E-state index is 6.98. The largest absolute Gasteiger partial charge is 0.398 e. The van der Waals surface area contributed by atoms with E-state index in [2.05, 4.69) is 4.98 Å². The second kappa shape index (κ2) is 3.52. The summed E-state index contributed by atoms with van der Waals surface area (Å²) in [6.07, 6.45) is 4.67. The number of amidine groups is 1. The van der Waals surface area contributed by atoms with Crippen LogP contribution in [0.1, 0.15) is 5.56 Å². The molecule has 0 amide bonds. The first-order valence-electron chi connectivity index (χ1n) is 3.42. The molecule has 0 radical (unpaired) electrons. The Balaban J connectivity index is 2.93. The van der Waals surface area contributed by atoms with Gasteiger partial charge in [0.2, 0.25) is 0 Å². The molecular formula is C8H10N4. The molecule has 1 aromatic rings. The van der Waals surface area contributed by atoms with Gasteiger partial charge in [-0.2, -0.15) is 0 Å². The molecule has 0 unspecified atom stereocenters. The van der Waals surface area contributed by atoms with Crippen molar-refractivity contribution in [2.75, 3.05) is 0 Å². The van der Waals surface area contributed by atoms with Gasteiger partial charge in [0.1, 0.15) is 5.84 Å². The molecule has 0 saturated carbocycles. The molecule has 5 N–H and O–H groups in total. The zero-order valence-electron chi connectivity index (χ0n) is 6.49. The molecule has 0 aliphatic rings. The maximum Gasteiger partial charge on any atom is 0.117 e. The van der Waals surface area contributed by atoms with Crippen LogP contribution in [0.25, 0.3) is 5.70 Å². The Hall–Kier alpha value is -1.84. The highest BCUT2D eigenvalue weighted by atomic mass is 14.7. The number of rotatable bonds is 2. The van der Waals surface area contributed by atoms with Crippen LogP contribution in [0, 0.1) is 5.41 Å². The quantitative estimate of drug-likeness (QED) is 0.432. The van der Waals surface area contributed by atoms with Crippen molar-refractivity contribution >= 4 is 11.5 Å². The van der Waals surface area contributed by atoms with Gasteiger partial charge in [-0.25, -0.2) is 0 Å². The molecule has 0 aliphatic heterocycles. The molecule has 62 valence electrons. The molecule has 0 saturated heterocycles. The van der Waals surface area contributed by atoms with Gasteiger partial charge in [0.05, 0.1) is 0 Å². The number of hydrogen-bond donors (Lipinski definition) is 3. The summed E-state index contributed by atoms with van der Waals surface area (Å²) in [6, 6.07) is 3.52. The lowest BCUT2D eigenvalue weighted by atomic mass is 10.2. The van der Waals surface area contributed by atoms with Gasteiger partial charge in [-0.1, -0.05) is 0 Å². The SMILES string of the molecule is N=C(N)/C=C(\N)c1ccncc1. The van der Waals surface area contributed by atoms with Gasteiger partial charge in [-0.05, 0) is 12.1 Å². The van der Waals surface area contributed by atoms with Crippen molar-refractivity contribution in [1.29, 1.82) is 5.41 Å². The Morgan fingerprint density at radius 1 is 1.33 bits per heavy atom. The van der Waals surface area contributed by atoms with Gasteiger partial charge in [0, 0.05) is 29.7 Å². The molecule has 1 heterocycles. The maximum absolute atomic E-state index is 6.98.